The van der Waals surface area contributed by atoms with Gasteiger partial charge >= 0.3 is 0 Å². The second-order valence-corrected chi connectivity index (χ2v) is 5.12. The van der Waals surface area contributed by atoms with Crippen molar-refractivity contribution in [3.05, 3.63) is 29.8 Å². The highest BCUT2D eigenvalue weighted by molar-refractivity contribution is 5.36. The monoisotopic (exact) mass is 263 g/mol. The lowest BCUT2D eigenvalue weighted by Gasteiger charge is -2.32. The van der Waals surface area contributed by atoms with Gasteiger partial charge < -0.3 is 14.8 Å². The van der Waals surface area contributed by atoms with Crippen molar-refractivity contribution >= 4 is 0 Å². The Labute approximate surface area is 116 Å². The maximum absolute atomic E-state index is 5.53. The van der Waals surface area contributed by atoms with E-state index >= 15 is 0 Å². The lowest BCUT2D eigenvalue weighted by atomic mass is 9.86. The molecular formula is C16H25NO2. The normalized spacial score (nSPS) is 18.2. The molecule has 1 aliphatic rings. The van der Waals surface area contributed by atoms with Gasteiger partial charge in [-0.1, -0.05) is 25.1 Å². The fourth-order valence-electron chi connectivity index (χ4n) is 2.80. The van der Waals surface area contributed by atoms with E-state index in [9.17, 15) is 0 Å². The summed E-state index contributed by atoms with van der Waals surface area (Å²) >= 11 is 0. The van der Waals surface area contributed by atoms with Crippen LogP contribution in [0, 0.1) is 5.92 Å². The number of para-hydroxylation sites is 1. The summed E-state index contributed by atoms with van der Waals surface area (Å²) in [4.78, 5) is 0. The lowest BCUT2D eigenvalue weighted by Crippen LogP contribution is -2.32. The number of nitrogens with one attached hydrogen (secondary N) is 1. The number of benzene rings is 1. The Morgan fingerprint density at radius 3 is 2.74 bits per heavy atom. The van der Waals surface area contributed by atoms with Crippen LogP contribution in [0.15, 0.2) is 24.3 Å². The third-order valence-electron chi connectivity index (χ3n) is 3.83. The summed E-state index contributed by atoms with van der Waals surface area (Å²) in [6.07, 6.45) is 3.40. The van der Waals surface area contributed by atoms with Crippen molar-refractivity contribution in [1.82, 2.24) is 5.32 Å². The average Bonchev–Trinajstić information content (AvgIpc) is 2.49. The molecule has 1 heterocycles. The smallest absolute Gasteiger partial charge is 0.123 e. The zero-order valence-corrected chi connectivity index (χ0v) is 12.0. The zero-order valence-electron chi connectivity index (χ0n) is 12.0. The van der Waals surface area contributed by atoms with Gasteiger partial charge in [-0.15, -0.1) is 0 Å². The number of rotatable bonds is 6. The number of methoxy groups -OCH3 is 1. The predicted molar refractivity (Wildman–Crippen MR) is 77.6 cm³/mol. The van der Waals surface area contributed by atoms with Gasteiger partial charge in [0.2, 0.25) is 0 Å². The van der Waals surface area contributed by atoms with Gasteiger partial charge in [0.1, 0.15) is 5.75 Å². The van der Waals surface area contributed by atoms with Crippen LogP contribution < -0.4 is 10.1 Å². The summed E-state index contributed by atoms with van der Waals surface area (Å²) < 4.78 is 11.0. The molecule has 1 fully saturated rings. The summed E-state index contributed by atoms with van der Waals surface area (Å²) in [5.74, 6) is 1.62. The molecule has 0 spiro atoms. The van der Waals surface area contributed by atoms with E-state index in [2.05, 4.69) is 30.4 Å². The van der Waals surface area contributed by atoms with E-state index in [-0.39, 0.29) is 0 Å². The first-order valence-corrected chi connectivity index (χ1v) is 7.30. The van der Waals surface area contributed by atoms with Crippen LogP contribution in [0.5, 0.6) is 5.75 Å². The van der Waals surface area contributed by atoms with Crippen molar-refractivity contribution in [3.8, 4) is 5.75 Å². The van der Waals surface area contributed by atoms with E-state index in [1.807, 2.05) is 6.07 Å². The van der Waals surface area contributed by atoms with E-state index in [1.165, 1.54) is 5.56 Å². The van der Waals surface area contributed by atoms with Gasteiger partial charge in [-0.05, 0) is 37.8 Å². The van der Waals surface area contributed by atoms with Crippen LogP contribution in [0.4, 0.5) is 0 Å². The van der Waals surface area contributed by atoms with Crippen molar-refractivity contribution in [2.24, 2.45) is 5.92 Å². The minimum absolute atomic E-state index is 0.375. The van der Waals surface area contributed by atoms with E-state index < -0.39 is 0 Å². The molecule has 1 aliphatic heterocycles. The first kappa shape index (κ1) is 14.4. The van der Waals surface area contributed by atoms with E-state index in [1.54, 1.807) is 7.11 Å². The van der Waals surface area contributed by atoms with Crippen molar-refractivity contribution in [1.29, 1.82) is 0 Å². The second-order valence-electron chi connectivity index (χ2n) is 5.12. The van der Waals surface area contributed by atoms with Crippen molar-refractivity contribution in [2.75, 3.05) is 26.9 Å². The Bertz CT molecular complexity index is 375. The number of hydrogen-bond acceptors (Lipinski definition) is 3. The molecule has 1 N–H and O–H groups in total. The van der Waals surface area contributed by atoms with Crippen molar-refractivity contribution < 1.29 is 9.47 Å². The van der Waals surface area contributed by atoms with Crippen LogP contribution in [0.25, 0.3) is 0 Å². The molecule has 0 aromatic heterocycles. The molecule has 2 rings (SSSR count). The highest BCUT2D eigenvalue weighted by Crippen LogP contribution is 2.34. The predicted octanol–water partition coefficient (Wildman–Crippen LogP) is 3.16. The Balaban J connectivity index is 2.19. The topological polar surface area (TPSA) is 30.5 Å². The SMILES string of the molecule is CCCNC(c1ccccc1OC)C1CCOCC1. The molecule has 0 saturated carbocycles. The largest absolute Gasteiger partial charge is 0.496 e. The maximum atomic E-state index is 5.53. The van der Waals surface area contributed by atoms with Crippen molar-refractivity contribution in [3.63, 3.8) is 0 Å². The van der Waals surface area contributed by atoms with Crippen LogP contribution in [-0.2, 0) is 4.74 Å². The molecule has 3 heteroatoms. The first-order valence-electron chi connectivity index (χ1n) is 7.30. The molecule has 106 valence electrons. The molecule has 19 heavy (non-hydrogen) atoms. The molecular weight excluding hydrogens is 238 g/mol. The van der Waals surface area contributed by atoms with Gasteiger partial charge in [-0.3, -0.25) is 0 Å². The van der Waals surface area contributed by atoms with Crippen LogP contribution in [-0.4, -0.2) is 26.9 Å². The highest BCUT2D eigenvalue weighted by atomic mass is 16.5. The quantitative estimate of drug-likeness (QED) is 0.855. The Morgan fingerprint density at radius 1 is 1.32 bits per heavy atom. The van der Waals surface area contributed by atoms with Crippen LogP contribution >= 0.6 is 0 Å². The van der Waals surface area contributed by atoms with Crippen LogP contribution in [0.3, 0.4) is 0 Å². The summed E-state index contributed by atoms with van der Waals surface area (Å²) in [6.45, 7) is 5.00. The van der Waals surface area contributed by atoms with Gasteiger partial charge in [-0.2, -0.15) is 0 Å². The minimum Gasteiger partial charge on any atom is -0.496 e. The first-order chi connectivity index (χ1) is 9.36. The lowest BCUT2D eigenvalue weighted by molar-refractivity contribution is 0.0533. The standard InChI is InChI=1S/C16H25NO2/c1-3-10-17-16(13-8-11-19-12-9-13)14-6-4-5-7-15(14)18-2/h4-7,13,16-17H,3,8-12H2,1-2H3. The molecule has 1 aromatic rings. The molecule has 1 atom stereocenters. The van der Waals surface area contributed by atoms with Gasteiger partial charge in [0.25, 0.3) is 0 Å². The summed E-state index contributed by atoms with van der Waals surface area (Å²) in [5, 5.41) is 3.69. The summed E-state index contributed by atoms with van der Waals surface area (Å²) in [6, 6.07) is 8.73. The number of ether oxygens (including phenoxy) is 2. The fourth-order valence-corrected chi connectivity index (χ4v) is 2.80. The molecule has 0 aliphatic carbocycles. The summed E-state index contributed by atoms with van der Waals surface area (Å²) in [7, 11) is 1.75. The van der Waals surface area contributed by atoms with E-state index in [4.69, 9.17) is 9.47 Å². The Kier molecular flexibility index (Phi) is 5.67. The van der Waals surface area contributed by atoms with E-state index in [0.29, 0.717) is 12.0 Å². The van der Waals surface area contributed by atoms with Crippen LogP contribution in [0.1, 0.15) is 37.8 Å². The Hall–Kier alpha value is -1.06. The molecule has 0 bridgehead atoms. The fraction of sp³-hybridized carbons (Fsp3) is 0.625. The minimum atomic E-state index is 0.375. The van der Waals surface area contributed by atoms with Gasteiger partial charge in [0, 0.05) is 24.8 Å². The zero-order chi connectivity index (χ0) is 13.5. The molecule has 0 radical (unpaired) electrons. The maximum Gasteiger partial charge on any atom is 0.123 e. The van der Waals surface area contributed by atoms with Gasteiger partial charge in [0.05, 0.1) is 7.11 Å². The molecule has 1 saturated heterocycles. The third-order valence-corrected chi connectivity index (χ3v) is 3.83. The van der Waals surface area contributed by atoms with Crippen molar-refractivity contribution in [2.45, 2.75) is 32.2 Å². The Morgan fingerprint density at radius 2 is 2.05 bits per heavy atom. The molecule has 0 amide bonds. The van der Waals surface area contributed by atoms with Gasteiger partial charge in [-0.25, -0.2) is 0 Å². The highest BCUT2D eigenvalue weighted by Gasteiger charge is 2.26. The van der Waals surface area contributed by atoms with Crippen LogP contribution in [0.2, 0.25) is 0 Å². The number of hydrogen-bond donors (Lipinski definition) is 1. The third kappa shape index (κ3) is 3.71. The molecule has 3 nitrogen and oxygen atoms in total. The molecule has 1 aromatic carbocycles. The second kappa shape index (κ2) is 7.51. The molecule has 1 unspecified atom stereocenters. The van der Waals surface area contributed by atoms with E-state index in [0.717, 1.165) is 44.8 Å². The van der Waals surface area contributed by atoms with Gasteiger partial charge in [0.15, 0.2) is 0 Å². The average molecular weight is 263 g/mol. The summed E-state index contributed by atoms with van der Waals surface area (Å²) in [5.41, 5.74) is 1.28.